The maximum absolute atomic E-state index is 10.0. The molecule has 0 radical (unpaired) electrons. The summed E-state index contributed by atoms with van der Waals surface area (Å²) in [7, 11) is -4.32. The molecule has 0 aromatic rings. The van der Waals surface area contributed by atoms with Crippen molar-refractivity contribution in [3.63, 3.8) is 0 Å². The van der Waals surface area contributed by atoms with E-state index in [-0.39, 0.29) is 5.88 Å². The molecule has 0 aliphatic rings. The molecule has 0 saturated carbocycles. The van der Waals surface area contributed by atoms with Gasteiger partial charge in [0.25, 0.3) is 0 Å². The summed E-state index contributed by atoms with van der Waals surface area (Å²) in [6, 6.07) is 0. The Labute approximate surface area is 104 Å². The molecule has 8 nitrogen and oxygen atoms in total. The molecule has 0 aliphatic carbocycles. The molecule has 17 heavy (non-hydrogen) atoms. The van der Waals surface area contributed by atoms with E-state index in [9.17, 15) is 4.57 Å². The SMILES string of the molecule is CC(CCl)OP(=O)(O)O.NC(CO)(CO)CO. The van der Waals surface area contributed by atoms with E-state index in [1.807, 2.05) is 0 Å². The number of aliphatic hydroxyl groups is 3. The molecule has 0 saturated heterocycles. The van der Waals surface area contributed by atoms with Gasteiger partial charge in [-0.25, -0.2) is 4.57 Å². The van der Waals surface area contributed by atoms with Crippen molar-refractivity contribution in [1.29, 1.82) is 0 Å². The van der Waals surface area contributed by atoms with E-state index in [1.165, 1.54) is 6.92 Å². The third kappa shape index (κ3) is 12.5. The van der Waals surface area contributed by atoms with Crippen LogP contribution in [-0.2, 0) is 9.09 Å². The molecule has 0 aliphatic heterocycles. The van der Waals surface area contributed by atoms with E-state index >= 15 is 0 Å². The lowest BCUT2D eigenvalue weighted by Gasteiger charge is -2.20. The van der Waals surface area contributed by atoms with Crippen LogP contribution in [0, 0.1) is 0 Å². The molecule has 0 aromatic heterocycles. The van der Waals surface area contributed by atoms with Crippen molar-refractivity contribution in [3.8, 4) is 0 Å². The van der Waals surface area contributed by atoms with E-state index in [4.69, 9.17) is 42.4 Å². The molecule has 10 heteroatoms. The first-order valence-corrected chi connectivity index (χ1v) is 6.62. The first-order chi connectivity index (χ1) is 7.64. The molecule has 0 bridgehead atoms. The number of rotatable bonds is 6. The zero-order valence-electron chi connectivity index (χ0n) is 9.36. The fourth-order valence-electron chi connectivity index (χ4n) is 0.413. The number of alkyl halides is 1. The van der Waals surface area contributed by atoms with Crippen molar-refractivity contribution in [2.45, 2.75) is 18.6 Å². The van der Waals surface area contributed by atoms with Crippen molar-refractivity contribution in [1.82, 2.24) is 0 Å². The Morgan fingerprint density at radius 1 is 1.29 bits per heavy atom. The maximum atomic E-state index is 10.0. The van der Waals surface area contributed by atoms with Crippen LogP contribution >= 0.6 is 19.4 Å². The smallest absolute Gasteiger partial charge is 0.394 e. The first-order valence-electron chi connectivity index (χ1n) is 4.55. The van der Waals surface area contributed by atoms with Gasteiger partial charge >= 0.3 is 7.82 Å². The largest absolute Gasteiger partial charge is 0.469 e. The third-order valence-electron chi connectivity index (χ3n) is 1.48. The van der Waals surface area contributed by atoms with Gasteiger partial charge in [-0.15, -0.1) is 11.6 Å². The van der Waals surface area contributed by atoms with Gasteiger partial charge in [0.15, 0.2) is 0 Å². The van der Waals surface area contributed by atoms with Crippen molar-refractivity contribution >= 4 is 19.4 Å². The van der Waals surface area contributed by atoms with Crippen molar-refractivity contribution < 1.29 is 34.2 Å². The summed E-state index contributed by atoms with van der Waals surface area (Å²) in [6.45, 7) is 0.270. The number of phosphoric acid groups is 1. The molecular weight excluding hydrogens is 277 g/mol. The van der Waals surface area contributed by atoms with E-state index in [0.29, 0.717) is 0 Å². The molecule has 0 fully saturated rings. The van der Waals surface area contributed by atoms with Crippen LogP contribution in [0.2, 0.25) is 0 Å². The van der Waals surface area contributed by atoms with Gasteiger partial charge in [0, 0.05) is 5.88 Å². The predicted octanol–water partition coefficient (Wildman–Crippen LogP) is -1.62. The minimum atomic E-state index is -4.32. The van der Waals surface area contributed by atoms with Gasteiger partial charge in [-0.05, 0) is 6.92 Å². The number of phosphoric ester groups is 1. The number of hydrogen-bond donors (Lipinski definition) is 6. The van der Waals surface area contributed by atoms with Crippen LogP contribution in [0.25, 0.3) is 0 Å². The normalized spacial score (nSPS) is 13.9. The predicted molar refractivity (Wildman–Crippen MR) is 61.5 cm³/mol. The van der Waals surface area contributed by atoms with Crippen LogP contribution in [0.4, 0.5) is 0 Å². The van der Waals surface area contributed by atoms with Crippen LogP contribution in [-0.4, -0.2) is 62.4 Å². The highest BCUT2D eigenvalue weighted by atomic mass is 35.5. The van der Waals surface area contributed by atoms with Crippen LogP contribution in [0.3, 0.4) is 0 Å². The maximum Gasteiger partial charge on any atom is 0.469 e. The Morgan fingerprint density at radius 3 is 1.71 bits per heavy atom. The second-order valence-corrected chi connectivity index (χ2v) is 4.90. The number of hydrogen-bond acceptors (Lipinski definition) is 6. The molecule has 0 aromatic carbocycles. The van der Waals surface area contributed by atoms with Crippen LogP contribution in [0.5, 0.6) is 0 Å². The molecule has 1 unspecified atom stereocenters. The average molecular weight is 296 g/mol. The Bertz CT molecular complexity index is 224. The number of halogens is 1. The van der Waals surface area contributed by atoms with Crippen molar-refractivity contribution in [3.05, 3.63) is 0 Å². The van der Waals surface area contributed by atoms with E-state index in [2.05, 4.69) is 4.52 Å². The molecule has 0 rings (SSSR count). The van der Waals surface area contributed by atoms with Gasteiger partial charge in [-0.3, -0.25) is 4.52 Å². The Hall–Kier alpha value is 0.240. The highest BCUT2D eigenvalue weighted by molar-refractivity contribution is 7.46. The second kappa shape index (κ2) is 9.21. The van der Waals surface area contributed by atoms with Gasteiger partial charge < -0.3 is 30.8 Å². The highest BCUT2D eigenvalue weighted by Gasteiger charge is 2.20. The lowest BCUT2D eigenvalue weighted by molar-refractivity contribution is 0.0697. The monoisotopic (exact) mass is 295 g/mol. The molecule has 106 valence electrons. The molecule has 0 spiro atoms. The highest BCUT2D eigenvalue weighted by Crippen LogP contribution is 2.37. The summed E-state index contributed by atoms with van der Waals surface area (Å²) in [5.41, 5.74) is 3.94. The second-order valence-electron chi connectivity index (χ2n) is 3.40. The van der Waals surface area contributed by atoms with E-state index in [1.54, 1.807) is 0 Å². The lowest BCUT2D eigenvalue weighted by atomic mass is 10.1. The summed E-state index contributed by atoms with van der Waals surface area (Å²) in [5, 5.41) is 25.0. The summed E-state index contributed by atoms with van der Waals surface area (Å²) in [6.07, 6.45) is -0.604. The van der Waals surface area contributed by atoms with Crippen molar-refractivity contribution in [2.24, 2.45) is 5.73 Å². The molecular formula is C7H19ClNO7P. The third-order valence-corrected chi connectivity index (χ3v) is 2.55. The van der Waals surface area contributed by atoms with Crippen molar-refractivity contribution in [2.75, 3.05) is 25.7 Å². The Morgan fingerprint density at radius 2 is 1.65 bits per heavy atom. The zero-order valence-corrected chi connectivity index (χ0v) is 11.0. The van der Waals surface area contributed by atoms with Gasteiger partial charge in [0.2, 0.25) is 0 Å². The van der Waals surface area contributed by atoms with Gasteiger partial charge in [0.1, 0.15) is 0 Å². The summed E-state index contributed by atoms with van der Waals surface area (Å²) < 4.78 is 14.1. The fraction of sp³-hybridized carbons (Fsp3) is 1.00. The van der Waals surface area contributed by atoms with Gasteiger partial charge in [-0.1, -0.05) is 0 Å². The lowest BCUT2D eigenvalue weighted by Crippen LogP contribution is -2.50. The zero-order chi connectivity index (χ0) is 14.1. The first kappa shape index (κ1) is 19.6. The van der Waals surface area contributed by atoms with Crippen LogP contribution in [0.1, 0.15) is 6.92 Å². The molecule has 0 amide bonds. The number of nitrogens with two attached hydrogens (primary N) is 1. The Balaban J connectivity index is 0. The minimum absolute atomic E-state index is 0.0745. The topological polar surface area (TPSA) is 153 Å². The molecule has 0 heterocycles. The Kier molecular flexibility index (Phi) is 10.6. The summed E-state index contributed by atoms with van der Waals surface area (Å²) >= 11 is 5.19. The van der Waals surface area contributed by atoms with Gasteiger partial charge in [-0.2, -0.15) is 0 Å². The molecule has 7 N–H and O–H groups in total. The summed E-state index contributed by atoms with van der Waals surface area (Å²) in [4.78, 5) is 16.3. The van der Waals surface area contributed by atoms with E-state index in [0.717, 1.165) is 0 Å². The van der Waals surface area contributed by atoms with Crippen LogP contribution < -0.4 is 5.73 Å². The molecule has 1 atom stereocenters. The average Bonchev–Trinajstić information content (AvgIpc) is 2.26. The number of aliphatic hydroxyl groups excluding tert-OH is 3. The quantitative estimate of drug-likeness (QED) is 0.252. The minimum Gasteiger partial charge on any atom is -0.394 e. The standard InChI is InChI=1S/C4H11NO3.C3H8ClO4P/c5-4(1-6,2-7)3-8;1-3(2-4)8-9(5,6)7/h6-8H,1-3,5H2;3H,2H2,1H3,(H2,5,6,7). The van der Waals surface area contributed by atoms with Gasteiger partial charge in [0.05, 0.1) is 31.5 Å². The van der Waals surface area contributed by atoms with E-state index < -0.39 is 39.3 Å². The fourth-order valence-corrected chi connectivity index (χ4v) is 1.11. The summed E-state index contributed by atoms with van der Waals surface area (Å²) in [5.74, 6) is 0.0745. The van der Waals surface area contributed by atoms with Crippen LogP contribution in [0.15, 0.2) is 0 Å².